The van der Waals surface area contributed by atoms with Crippen LogP contribution in [0.15, 0.2) is 24.3 Å². The Hall–Kier alpha value is -1.50. The maximum absolute atomic E-state index is 12.5. The number of carbonyl (C=O) groups is 2. The first-order chi connectivity index (χ1) is 11.1. The van der Waals surface area contributed by atoms with Crippen molar-refractivity contribution in [2.75, 3.05) is 31.9 Å². The number of rotatable bonds is 4. The van der Waals surface area contributed by atoms with Crippen LogP contribution in [0.25, 0.3) is 0 Å². The highest BCUT2D eigenvalue weighted by Crippen LogP contribution is 2.20. The van der Waals surface area contributed by atoms with E-state index in [0.717, 1.165) is 12.8 Å². The van der Waals surface area contributed by atoms with Crippen molar-refractivity contribution in [1.29, 1.82) is 0 Å². The lowest BCUT2D eigenvalue weighted by Crippen LogP contribution is -2.55. The number of amides is 2. The van der Waals surface area contributed by atoms with Gasteiger partial charge in [-0.2, -0.15) is 0 Å². The van der Waals surface area contributed by atoms with Crippen LogP contribution in [0.5, 0.6) is 0 Å². The molecule has 1 unspecified atom stereocenters. The number of hydrogen-bond donors (Lipinski definition) is 2. The molecule has 140 valence electrons. The number of benzene rings is 1. The van der Waals surface area contributed by atoms with Crippen LogP contribution in [0.3, 0.4) is 0 Å². The summed E-state index contributed by atoms with van der Waals surface area (Å²) in [5.74, 6) is 0.0671. The van der Waals surface area contributed by atoms with Gasteiger partial charge in [-0.1, -0.05) is 12.1 Å². The molecule has 0 radical (unpaired) electrons. The lowest BCUT2D eigenvalue weighted by atomic mass is 10.1. The summed E-state index contributed by atoms with van der Waals surface area (Å²) in [5.41, 5.74) is 6.95. The standard InChI is InChI=1S/C17H24N4O2.2ClH/c1-12(16(22)19-13-6-7-13)20-8-10-21(11-9-20)17(23)14-4-2-3-5-15(14)18;;/h2-5,12-13H,6-11,18H2,1H3,(H,19,22);2*1H. The molecule has 1 aliphatic carbocycles. The minimum Gasteiger partial charge on any atom is -0.398 e. The van der Waals surface area contributed by atoms with Gasteiger partial charge in [0.1, 0.15) is 0 Å². The zero-order valence-corrected chi connectivity index (χ0v) is 15.9. The van der Waals surface area contributed by atoms with E-state index in [9.17, 15) is 9.59 Å². The maximum Gasteiger partial charge on any atom is 0.256 e. The molecule has 3 N–H and O–H groups in total. The van der Waals surface area contributed by atoms with Crippen molar-refractivity contribution in [3.8, 4) is 0 Å². The van der Waals surface area contributed by atoms with Crippen LogP contribution < -0.4 is 11.1 Å². The van der Waals surface area contributed by atoms with E-state index in [1.807, 2.05) is 24.0 Å². The number of nitrogens with zero attached hydrogens (tertiary/aromatic N) is 2. The minimum atomic E-state index is -0.144. The second-order valence-corrected chi connectivity index (χ2v) is 6.37. The Labute approximate surface area is 160 Å². The number of nitrogens with two attached hydrogens (primary N) is 1. The fourth-order valence-corrected chi connectivity index (χ4v) is 2.89. The second kappa shape index (κ2) is 9.27. The maximum atomic E-state index is 12.5. The average Bonchev–Trinajstić information content (AvgIpc) is 3.38. The van der Waals surface area contributed by atoms with Gasteiger partial charge in [0.15, 0.2) is 0 Å². The third-order valence-electron chi connectivity index (χ3n) is 4.64. The largest absolute Gasteiger partial charge is 0.398 e. The average molecular weight is 389 g/mol. The number of nitrogens with one attached hydrogen (secondary N) is 1. The Bertz CT molecular complexity index is 602. The van der Waals surface area contributed by atoms with Crippen molar-refractivity contribution in [2.24, 2.45) is 0 Å². The first-order valence-corrected chi connectivity index (χ1v) is 8.24. The van der Waals surface area contributed by atoms with Crippen molar-refractivity contribution >= 4 is 42.3 Å². The summed E-state index contributed by atoms with van der Waals surface area (Å²) in [5, 5.41) is 3.04. The monoisotopic (exact) mass is 388 g/mol. The van der Waals surface area contributed by atoms with Crippen LogP contribution in [0, 0.1) is 0 Å². The van der Waals surface area contributed by atoms with Gasteiger partial charge in [0.25, 0.3) is 5.91 Å². The highest BCUT2D eigenvalue weighted by molar-refractivity contribution is 5.99. The van der Waals surface area contributed by atoms with Crippen molar-refractivity contribution in [1.82, 2.24) is 15.1 Å². The molecule has 8 heteroatoms. The summed E-state index contributed by atoms with van der Waals surface area (Å²) in [6.07, 6.45) is 2.19. The van der Waals surface area contributed by atoms with Crippen LogP contribution in [0.4, 0.5) is 5.69 Å². The molecule has 1 aliphatic heterocycles. The molecule has 0 spiro atoms. The molecule has 3 rings (SSSR count). The first-order valence-electron chi connectivity index (χ1n) is 8.24. The van der Waals surface area contributed by atoms with Crippen molar-refractivity contribution in [3.63, 3.8) is 0 Å². The van der Waals surface area contributed by atoms with Gasteiger partial charge in [0, 0.05) is 37.9 Å². The van der Waals surface area contributed by atoms with E-state index < -0.39 is 0 Å². The molecule has 1 saturated heterocycles. The van der Waals surface area contributed by atoms with Gasteiger partial charge >= 0.3 is 0 Å². The summed E-state index contributed by atoms with van der Waals surface area (Å²) in [6.45, 7) is 4.59. The molecular weight excluding hydrogens is 363 g/mol. The van der Waals surface area contributed by atoms with Crippen molar-refractivity contribution in [2.45, 2.75) is 31.8 Å². The molecule has 1 atom stereocenters. The zero-order valence-electron chi connectivity index (χ0n) is 14.3. The number of anilines is 1. The molecule has 2 aliphatic rings. The summed E-state index contributed by atoms with van der Waals surface area (Å²) < 4.78 is 0. The van der Waals surface area contributed by atoms with Crippen LogP contribution in [0.1, 0.15) is 30.1 Å². The zero-order chi connectivity index (χ0) is 16.4. The smallest absolute Gasteiger partial charge is 0.256 e. The Morgan fingerprint density at radius 3 is 2.28 bits per heavy atom. The van der Waals surface area contributed by atoms with E-state index in [0.29, 0.717) is 43.5 Å². The second-order valence-electron chi connectivity index (χ2n) is 6.37. The van der Waals surface area contributed by atoms with Crippen LogP contribution in [-0.4, -0.2) is 59.9 Å². The topological polar surface area (TPSA) is 78.7 Å². The number of para-hydroxylation sites is 1. The molecule has 1 heterocycles. The van der Waals surface area contributed by atoms with Crippen molar-refractivity contribution in [3.05, 3.63) is 29.8 Å². The van der Waals surface area contributed by atoms with Crippen molar-refractivity contribution < 1.29 is 9.59 Å². The lowest BCUT2D eigenvalue weighted by molar-refractivity contribution is -0.126. The van der Waals surface area contributed by atoms with Gasteiger partial charge in [-0.3, -0.25) is 14.5 Å². The van der Waals surface area contributed by atoms with E-state index in [-0.39, 0.29) is 42.7 Å². The fourth-order valence-electron chi connectivity index (χ4n) is 2.89. The van der Waals surface area contributed by atoms with Gasteiger partial charge in [0.2, 0.25) is 5.91 Å². The van der Waals surface area contributed by atoms with Gasteiger partial charge < -0.3 is 16.0 Å². The molecule has 25 heavy (non-hydrogen) atoms. The fraction of sp³-hybridized carbons (Fsp3) is 0.529. The predicted molar refractivity (Wildman–Crippen MR) is 103 cm³/mol. The number of hydrogen-bond acceptors (Lipinski definition) is 4. The van der Waals surface area contributed by atoms with Crippen LogP contribution >= 0.6 is 24.8 Å². The summed E-state index contributed by atoms with van der Waals surface area (Å²) in [4.78, 5) is 28.6. The summed E-state index contributed by atoms with van der Waals surface area (Å²) in [6, 6.07) is 7.39. The lowest BCUT2D eigenvalue weighted by Gasteiger charge is -2.37. The van der Waals surface area contributed by atoms with E-state index in [1.165, 1.54) is 0 Å². The SMILES string of the molecule is CC(C(=O)NC1CC1)N1CCN(C(=O)c2ccccc2N)CC1.Cl.Cl. The molecule has 2 fully saturated rings. The van der Waals surface area contributed by atoms with Gasteiger partial charge in [-0.25, -0.2) is 0 Å². The first kappa shape index (κ1) is 21.5. The Morgan fingerprint density at radius 1 is 1.12 bits per heavy atom. The third kappa shape index (κ3) is 5.23. The van der Waals surface area contributed by atoms with E-state index >= 15 is 0 Å². The molecule has 0 aromatic heterocycles. The highest BCUT2D eigenvalue weighted by Gasteiger charge is 2.31. The van der Waals surface area contributed by atoms with E-state index in [1.54, 1.807) is 12.1 Å². The van der Waals surface area contributed by atoms with E-state index in [2.05, 4.69) is 10.2 Å². The number of halogens is 2. The molecule has 1 aromatic carbocycles. The Morgan fingerprint density at radius 2 is 1.72 bits per heavy atom. The third-order valence-corrected chi connectivity index (χ3v) is 4.64. The van der Waals surface area contributed by atoms with Crippen LogP contribution in [-0.2, 0) is 4.79 Å². The van der Waals surface area contributed by atoms with Crippen LogP contribution in [0.2, 0.25) is 0 Å². The molecule has 1 aromatic rings. The normalized spacial score (nSPS) is 18.5. The molecular formula is C17H26Cl2N4O2. The molecule has 1 saturated carbocycles. The molecule has 0 bridgehead atoms. The van der Waals surface area contributed by atoms with Gasteiger partial charge in [0.05, 0.1) is 11.6 Å². The van der Waals surface area contributed by atoms with Gasteiger partial charge in [-0.15, -0.1) is 24.8 Å². The van der Waals surface area contributed by atoms with E-state index in [4.69, 9.17) is 5.73 Å². The number of nitrogen functional groups attached to an aromatic ring is 1. The molecule has 2 amide bonds. The number of carbonyl (C=O) groups excluding carboxylic acids is 2. The number of piperazine rings is 1. The highest BCUT2D eigenvalue weighted by atomic mass is 35.5. The summed E-state index contributed by atoms with van der Waals surface area (Å²) in [7, 11) is 0. The Balaban J connectivity index is 0.00000156. The molecule has 6 nitrogen and oxygen atoms in total. The predicted octanol–water partition coefficient (Wildman–Crippen LogP) is 1.54. The quantitative estimate of drug-likeness (QED) is 0.766. The Kier molecular flexibility index (Phi) is 7.99. The summed E-state index contributed by atoms with van der Waals surface area (Å²) >= 11 is 0. The van der Waals surface area contributed by atoms with Gasteiger partial charge in [-0.05, 0) is 31.9 Å². The minimum absolute atomic E-state index is 0.